The number of rotatable bonds is 7. The van der Waals surface area contributed by atoms with Crippen molar-refractivity contribution in [3.05, 3.63) is 65.5 Å². The van der Waals surface area contributed by atoms with Gasteiger partial charge in [-0.1, -0.05) is 24.3 Å². The molecular weight excluding hydrogens is 383 g/mol. The molecule has 0 fully saturated rings. The molecule has 8 heteroatoms. The molecule has 150 valence electrons. The Morgan fingerprint density at radius 1 is 1.18 bits per heavy atom. The van der Waals surface area contributed by atoms with Gasteiger partial charge in [0.15, 0.2) is 0 Å². The van der Waals surface area contributed by atoms with E-state index in [2.05, 4.69) is 5.32 Å². The highest BCUT2D eigenvalue weighted by atomic mass is 32.2. The molecule has 0 bridgehead atoms. The Morgan fingerprint density at radius 2 is 1.86 bits per heavy atom. The van der Waals surface area contributed by atoms with Gasteiger partial charge in [-0.2, -0.15) is 4.31 Å². The van der Waals surface area contributed by atoms with E-state index in [0.717, 1.165) is 23.3 Å². The lowest BCUT2D eigenvalue weighted by atomic mass is 9.95. The molecular formula is C20H23FN2O4S. The highest BCUT2D eigenvalue weighted by molar-refractivity contribution is 7.89. The van der Waals surface area contributed by atoms with Gasteiger partial charge < -0.3 is 10.1 Å². The van der Waals surface area contributed by atoms with Crippen LogP contribution in [0.1, 0.15) is 17.5 Å². The van der Waals surface area contributed by atoms with Gasteiger partial charge in [0.2, 0.25) is 15.9 Å². The number of benzene rings is 2. The topological polar surface area (TPSA) is 75.7 Å². The molecule has 1 unspecified atom stereocenters. The molecule has 0 saturated heterocycles. The molecule has 1 amide bonds. The SMILES string of the molecule is COCCCNC(=O)C1Cc2ccccc2CN1S(=O)(=O)c1ccc(F)cc1. The lowest BCUT2D eigenvalue weighted by Crippen LogP contribution is -2.52. The number of ether oxygens (including phenoxy) is 1. The molecule has 0 aliphatic carbocycles. The summed E-state index contributed by atoms with van der Waals surface area (Å²) in [6, 6.07) is 11.3. The monoisotopic (exact) mass is 406 g/mol. The molecule has 3 rings (SSSR count). The number of sulfonamides is 1. The van der Waals surface area contributed by atoms with Crippen LogP contribution in [0, 0.1) is 5.82 Å². The van der Waals surface area contributed by atoms with E-state index in [1.54, 1.807) is 7.11 Å². The van der Waals surface area contributed by atoms with E-state index in [4.69, 9.17) is 4.74 Å². The molecule has 28 heavy (non-hydrogen) atoms. The summed E-state index contributed by atoms with van der Waals surface area (Å²) in [6.45, 7) is 0.993. The Labute approximate surface area is 164 Å². The normalized spacial score (nSPS) is 17.1. The van der Waals surface area contributed by atoms with Crippen LogP contribution in [0.4, 0.5) is 4.39 Å². The number of hydrogen-bond donors (Lipinski definition) is 1. The van der Waals surface area contributed by atoms with Crippen molar-refractivity contribution in [3.63, 3.8) is 0 Å². The third-order valence-corrected chi connectivity index (χ3v) is 6.62. The maximum Gasteiger partial charge on any atom is 0.244 e. The van der Waals surface area contributed by atoms with E-state index in [0.29, 0.717) is 19.6 Å². The van der Waals surface area contributed by atoms with Gasteiger partial charge in [0.25, 0.3) is 0 Å². The van der Waals surface area contributed by atoms with E-state index in [1.807, 2.05) is 24.3 Å². The van der Waals surface area contributed by atoms with Crippen LogP contribution in [0.15, 0.2) is 53.4 Å². The summed E-state index contributed by atoms with van der Waals surface area (Å²) in [4.78, 5) is 12.8. The van der Waals surface area contributed by atoms with E-state index >= 15 is 0 Å². The van der Waals surface area contributed by atoms with Crippen LogP contribution < -0.4 is 5.32 Å². The number of nitrogens with zero attached hydrogens (tertiary/aromatic N) is 1. The third kappa shape index (κ3) is 4.40. The van der Waals surface area contributed by atoms with Crippen molar-refractivity contribution >= 4 is 15.9 Å². The summed E-state index contributed by atoms with van der Waals surface area (Å²) in [5.41, 5.74) is 1.81. The zero-order valence-corrected chi connectivity index (χ0v) is 16.4. The molecule has 1 heterocycles. The van der Waals surface area contributed by atoms with Gasteiger partial charge in [0.05, 0.1) is 4.90 Å². The van der Waals surface area contributed by atoms with Crippen LogP contribution in [0.3, 0.4) is 0 Å². The van der Waals surface area contributed by atoms with E-state index in [1.165, 1.54) is 16.4 Å². The molecule has 0 radical (unpaired) electrons. The van der Waals surface area contributed by atoms with Crippen molar-refractivity contribution in [2.75, 3.05) is 20.3 Å². The van der Waals surface area contributed by atoms with Crippen LogP contribution >= 0.6 is 0 Å². The smallest absolute Gasteiger partial charge is 0.244 e. The Kier molecular flexibility index (Phi) is 6.43. The Hall–Kier alpha value is -2.29. The molecule has 1 aliphatic rings. The minimum Gasteiger partial charge on any atom is -0.385 e. The predicted molar refractivity (Wildman–Crippen MR) is 103 cm³/mol. The number of hydrogen-bond acceptors (Lipinski definition) is 4. The van der Waals surface area contributed by atoms with Crippen LogP contribution in [-0.4, -0.2) is 44.9 Å². The van der Waals surface area contributed by atoms with Crippen molar-refractivity contribution in [1.29, 1.82) is 0 Å². The standard InChI is InChI=1S/C20H23FN2O4S/c1-27-12-4-11-22-20(24)19-13-15-5-2-3-6-16(15)14-23(19)28(25,26)18-9-7-17(21)8-10-18/h2-3,5-10,19H,4,11-14H2,1H3,(H,22,24). The van der Waals surface area contributed by atoms with Crippen molar-refractivity contribution in [3.8, 4) is 0 Å². The van der Waals surface area contributed by atoms with Crippen molar-refractivity contribution < 1.29 is 22.3 Å². The second-order valence-electron chi connectivity index (χ2n) is 6.63. The number of amides is 1. The fraction of sp³-hybridized carbons (Fsp3) is 0.350. The van der Waals surface area contributed by atoms with Crippen LogP contribution in [0.25, 0.3) is 0 Å². The molecule has 0 saturated carbocycles. The Bertz CT molecular complexity index is 931. The lowest BCUT2D eigenvalue weighted by molar-refractivity contribution is -0.125. The second kappa shape index (κ2) is 8.81. The number of fused-ring (bicyclic) bond motifs is 1. The highest BCUT2D eigenvalue weighted by Crippen LogP contribution is 2.29. The molecule has 1 aliphatic heterocycles. The van der Waals surface area contributed by atoms with Crippen LogP contribution in [0.5, 0.6) is 0 Å². The predicted octanol–water partition coefficient (Wildman–Crippen LogP) is 2.09. The lowest BCUT2D eigenvalue weighted by Gasteiger charge is -2.35. The minimum atomic E-state index is -3.97. The Morgan fingerprint density at radius 3 is 2.54 bits per heavy atom. The van der Waals surface area contributed by atoms with Crippen molar-refractivity contribution in [2.24, 2.45) is 0 Å². The molecule has 0 spiro atoms. The first-order valence-corrected chi connectivity index (χ1v) is 10.5. The van der Waals surface area contributed by atoms with Gasteiger partial charge in [0, 0.05) is 26.8 Å². The zero-order valence-electron chi connectivity index (χ0n) is 15.6. The van der Waals surface area contributed by atoms with Gasteiger partial charge in [-0.3, -0.25) is 4.79 Å². The van der Waals surface area contributed by atoms with E-state index in [9.17, 15) is 17.6 Å². The minimum absolute atomic E-state index is 0.0366. The van der Waals surface area contributed by atoms with Crippen LogP contribution in [0.2, 0.25) is 0 Å². The number of nitrogens with one attached hydrogen (secondary N) is 1. The number of methoxy groups -OCH3 is 1. The summed E-state index contributed by atoms with van der Waals surface area (Å²) >= 11 is 0. The summed E-state index contributed by atoms with van der Waals surface area (Å²) in [6.07, 6.45) is 0.920. The van der Waals surface area contributed by atoms with Gasteiger partial charge in [-0.25, -0.2) is 12.8 Å². The van der Waals surface area contributed by atoms with Crippen LogP contribution in [-0.2, 0) is 32.5 Å². The van der Waals surface area contributed by atoms with Gasteiger partial charge in [0.1, 0.15) is 11.9 Å². The Balaban J connectivity index is 1.90. The fourth-order valence-corrected chi connectivity index (χ4v) is 4.83. The first-order chi connectivity index (χ1) is 13.4. The summed E-state index contributed by atoms with van der Waals surface area (Å²) in [5.74, 6) is -0.869. The van der Waals surface area contributed by atoms with Crippen molar-refractivity contribution in [1.82, 2.24) is 9.62 Å². The summed E-state index contributed by atoms with van der Waals surface area (Å²) in [7, 11) is -2.39. The molecule has 2 aromatic rings. The van der Waals surface area contributed by atoms with E-state index < -0.39 is 21.9 Å². The highest BCUT2D eigenvalue weighted by Gasteiger charge is 2.39. The average Bonchev–Trinajstić information content (AvgIpc) is 2.70. The fourth-order valence-electron chi connectivity index (χ4n) is 3.26. The quantitative estimate of drug-likeness (QED) is 0.715. The van der Waals surface area contributed by atoms with Gasteiger partial charge in [-0.15, -0.1) is 0 Å². The summed E-state index contributed by atoms with van der Waals surface area (Å²) < 4.78 is 45.8. The first kappa shape index (κ1) is 20.4. The van der Waals surface area contributed by atoms with Gasteiger partial charge >= 0.3 is 0 Å². The average molecular weight is 406 g/mol. The molecule has 1 atom stereocenters. The maximum absolute atomic E-state index is 13.2. The molecule has 0 aromatic heterocycles. The first-order valence-electron chi connectivity index (χ1n) is 9.04. The maximum atomic E-state index is 13.2. The second-order valence-corrected chi connectivity index (χ2v) is 8.52. The van der Waals surface area contributed by atoms with Gasteiger partial charge in [-0.05, 0) is 48.2 Å². The number of halogens is 1. The number of carbonyl (C=O) groups is 1. The van der Waals surface area contributed by atoms with E-state index in [-0.39, 0.29) is 23.8 Å². The number of carbonyl (C=O) groups excluding carboxylic acids is 1. The molecule has 1 N–H and O–H groups in total. The third-order valence-electron chi connectivity index (χ3n) is 4.75. The zero-order chi connectivity index (χ0) is 20.1. The largest absolute Gasteiger partial charge is 0.385 e. The molecule has 2 aromatic carbocycles. The summed E-state index contributed by atoms with van der Waals surface area (Å²) in [5, 5.41) is 2.80. The van der Waals surface area contributed by atoms with Crippen molar-refractivity contribution in [2.45, 2.75) is 30.3 Å². The molecule has 6 nitrogen and oxygen atoms in total.